The van der Waals surface area contributed by atoms with Crippen LogP contribution in [-0.2, 0) is 0 Å². The van der Waals surface area contributed by atoms with Crippen molar-refractivity contribution in [1.29, 1.82) is 0 Å². The van der Waals surface area contributed by atoms with Gasteiger partial charge in [0.05, 0.1) is 23.8 Å². The van der Waals surface area contributed by atoms with E-state index in [4.69, 9.17) is 0 Å². The van der Waals surface area contributed by atoms with Gasteiger partial charge in [-0.3, -0.25) is 4.98 Å². The smallest absolute Gasteiger partial charge is 0.0547 e. The molecule has 2 heterocycles. The van der Waals surface area contributed by atoms with Crippen LogP contribution in [-0.4, -0.2) is 30.1 Å². The van der Waals surface area contributed by atoms with Crippen LogP contribution in [0.2, 0.25) is 0 Å². The second-order valence-corrected chi connectivity index (χ2v) is 5.37. The van der Waals surface area contributed by atoms with E-state index < -0.39 is 0 Å². The number of aromatic nitrogens is 1. The fourth-order valence-corrected chi connectivity index (χ4v) is 3.09. The average Bonchev–Trinajstić information content (AvgIpc) is 2.38. The van der Waals surface area contributed by atoms with E-state index in [1.807, 2.05) is 19.4 Å². The summed E-state index contributed by atoms with van der Waals surface area (Å²) in [6.07, 6.45) is 6.41. The molecule has 0 bridgehead atoms. The van der Waals surface area contributed by atoms with Crippen LogP contribution in [0, 0.1) is 5.92 Å². The molecule has 2 N–H and O–H groups in total. The molecule has 0 aliphatic carbocycles. The number of hydrogen-bond acceptors (Lipinski definition) is 4. The highest BCUT2D eigenvalue weighted by Crippen LogP contribution is 2.23. The summed E-state index contributed by atoms with van der Waals surface area (Å²) in [4.78, 5) is 4.19. The average molecular weight is 237 g/mol. The molecule has 1 aliphatic heterocycles. The van der Waals surface area contributed by atoms with Gasteiger partial charge in [0.25, 0.3) is 0 Å². The van der Waals surface area contributed by atoms with Gasteiger partial charge in [0.1, 0.15) is 0 Å². The van der Waals surface area contributed by atoms with Crippen molar-refractivity contribution in [2.75, 3.05) is 35.7 Å². The topological polar surface area (TPSA) is 37.0 Å². The molecule has 1 aliphatic rings. The predicted octanol–water partition coefficient (Wildman–Crippen LogP) is 2.68. The molecule has 1 fully saturated rings. The van der Waals surface area contributed by atoms with Gasteiger partial charge in [-0.25, -0.2) is 0 Å². The van der Waals surface area contributed by atoms with Crippen LogP contribution in [0.4, 0.5) is 11.4 Å². The lowest BCUT2D eigenvalue weighted by molar-refractivity contribution is 0.516. The van der Waals surface area contributed by atoms with Crippen LogP contribution in [0.5, 0.6) is 0 Å². The Balaban J connectivity index is 1.83. The molecule has 2 rings (SSSR count). The molecule has 88 valence electrons. The summed E-state index contributed by atoms with van der Waals surface area (Å²) >= 11 is 2.08. The summed E-state index contributed by atoms with van der Waals surface area (Å²) in [5, 5.41) is 6.58. The van der Waals surface area contributed by atoms with Crippen LogP contribution < -0.4 is 10.6 Å². The number of hydrogen-bond donors (Lipinski definition) is 2. The van der Waals surface area contributed by atoms with Crippen molar-refractivity contribution < 1.29 is 0 Å². The highest BCUT2D eigenvalue weighted by Gasteiger charge is 2.13. The quantitative estimate of drug-likeness (QED) is 0.844. The van der Waals surface area contributed by atoms with Crippen molar-refractivity contribution >= 4 is 23.1 Å². The minimum absolute atomic E-state index is 0.833. The summed E-state index contributed by atoms with van der Waals surface area (Å²) in [5.74, 6) is 3.47. The lowest BCUT2D eigenvalue weighted by Crippen LogP contribution is -2.19. The van der Waals surface area contributed by atoms with Crippen LogP contribution >= 0.6 is 11.8 Å². The predicted molar refractivity (Wildman–Crippen MR) is 72.3 cm³/mol. The Morgan fingerprint density at radius 3 is 2.81 bits per heavy atom. The Kier molecular flexibility index (Phi) is 4.34. The van der Waals surface area contributed by atoms with E-state index in [1.165, 1.54) is 24.3 Å². The molecule has 1 saturated heterocycles. The second-order valence-electron chi connectivity index (χ2n) is 4.15. The number of nitrogens with one attached hydrogen (secondary N) is 2. The molecule has 16 heavy (non-hydrogen) atoms. The number of thioether (sulfide) groups is 1. The highest BCUT2D eigenvalue weighted by atomic mass is 32.2. The molecule has 3 nitrogen and oxygen atoms in total. The molecular formula is C12H19N3S. The van der Waals surface area contributed by atoms with Crippen LogP contribution in [0.15, 0.2) is 18.5 Å². The van der Waals surface area contributed by atoms with Crippen molar-refractivity contribution in [3.8, 4) is 0 Å². The summed E-state index contributed by atoms with van der Waals surface area (Å²) in [6.45, 7) is 1.08. The Hall–Kier alpha value is -0.900. The van der Waals surface area contributed by atoms with Gasteiger partial charge in [0, 0.05) is 13.6 Å². The van der Waals surface area contributed by atoms with Gasteiger partial charge >= 0.3 is 0 Å². The Morgan fingerprint density at radius 1 is 1.31 bits per heavy atom. The normalized spacial score (nSPS) is 17.1. The third-order valence-corrected chi connectivity index (χ3v) is 4.01. The molecule has 0 unspecified atom stereocenters. The van der Waals surface area contributed by atoms with Crippen LogP contribution in [0.25, 0.3) is 0 Å². The highest BCUT2D eigenvalue weighted by molar-refractivity contribution is 7.99. The van der Waals surface area contributed by atoms with Crippen LogP contribution in [0.3, 0.4) is 0 Å². The van der Waals surface area contributed by atoms with E-state index in [0.717, 1.165) is 23.8 Å². The van der Waals surface area contributed by atoms with E-state index in [9.17, 15) is 0 Å². The van der Waals surface area contributed by atoms with Gasteiger partial charge < -0.3 is 10.6 Å². The number of pyridine rings is 1. The molecule has 1 aromatic heterocycles. The SMILES string of the molecule is CNc1cncc(NCC2CCSCC2)c1. The molecule has 4 heteroatoms. The minimum Gasteiger partial charge on any atom is -0.387 e. The maximum Gasteiger partial charge on any atom is 0.0547 e. The summed E-state index contributed by atoms with van der Waals surface area (Å²) in [6, 6.07) is 2.10. The molecule has 0 spiro atoms. The number of rotatable bonds is 4. The summed E-state index contributed by atoms with van der Waals surface area (Å²) < 4.78 is 0. The first-order valence-electron chi connectivity index (χ1n) is 5.83. The molecular weight excluding hydrogens is 218 g/mol. The Bertz CT molecular complexity index is 324. The third-order valence-electron chi connectivity index (χ3n) is 2.96. The molecule has 0 radical (unpaired) electrons. The zero-order valence-electron chi connectivity index (χ0n) is 9.70. The van der Waals surface area contributed by atoms with Gasteiger partial charge in [-0.05, 0) is 36.3 Å². The molecule has 0 amide bonds. The van der Waals surface area contributed by atoms with Crippen molar-refractivity contribution in [1.82, 2.24) is 4.98 Å². The third kappa shape index (κ3) is 3.30. The zero-order valence-corrected chi connectivity index (χ0v) is 10.5. The van der Waals surface area contributed by atoms with Crippen molar-refractivity contribution in [3.05, 3.63) is 18.5 Å². The maximum absolute atomic E-state index is 4.19. The van der Waals surface area contributed by atoms with Gasteiger partial charge in [-0.2, -0.15) is 11.8 Å². The monoisotopic (exact) mass is 237 g/mol. The molecule has 0 atom stereocenters. The van der Waals surface area contributed by atoms with Crippen molar-refractivity contribution in [2.45, 2.75) is 12.8 Å². The lowest BCUT2D eigenvalue weighted by Gasteiger charge is -2.22. The first kappa shape index (κ1) is 11.6. The van der Waals surface area contributed by atoms with Gasteiger partial charge in [0.15, 0.2) is 0 Å². The number of anilines is 2. The Morgan fingerprint density at radius 2 is 2.06 bits per heavy atom. The van der Waals surface area contributed by atoms with E-state index in [-0.39, 0.29) is 0 Å². The van der Waals surface area contributed by atoms with Gasteiger partial charge in [-0.15, -0.1) is 0 Å². The zero-order chi connectivity index (χ0) is 11.2. The van der Waals surface area contributed by atoms with E-state index in [1.54, 1.807) is 0 Å². The first-order valence-corrected chi connectivity index (χ1v) is 6.98. The lowest BCUT2D eigenvalue weighted by atomic mass is 10.0. The fraction of sp³-hybridized carbons (Fsp3) is 0.583. The van der Waals surface area contributed by atoms with Crippen LogP contribution in [0.1, 0.15) is 12.8 Å². The van der Waals surface area contributed by atoms with Crippen molar-refractivity contribution in [3.63, 3.8) is 0 Å². The first-order chi connectivity index (χ1) is 7.88. The molecule has 0 aromatic carbocycles. The standard InChI is InChI=1S/C12H19N3S/c1-13-11-6-12(9-14-8-11)15-7-10-2-4-16-5-3-10/h6,8-10,13,15H,2-5,7H2,1H3. The van der Waals surface area contributed by atoms with Crippen molar-refractivity contribution in [2.24, 2.45) is 5.92 Å². The van der Waals surface area contributed by atoms with Gasteiger partial charge in [0.2, 0.25) is 0 Å². The second kappa shape index (κ2) is 5.99. The Labute approximate surface area is 101 Å². The molecule has 1 aromatic rings. The van der Waals surface area contributed by atoms with Gasteiger partial charge in [-0.1, -0.05) is 0 Å². The molecule has 0 saturated carbocycles. The minimum atomic E-state index is 0.833. The largest absolute Gasteiger partial charge is 0.387 e. The van der Waals surface area contributed by atoms with E-state index >= 15 is 0 Å². The van der Waals surface area contributed by atoms with E-state index in [2.05, 4.69) is 33.4 Å². The fourth-order valence-electron chi connectivity index (χ4n) is 1.89. The van der Waals surface area contributed by atoms with E-state index in [0.29, 0.717) is 0 Å². The summed E-state index contributed by atoms with van der Waals surface area (Å²) in [5.41, 5.74) is 2.18. The number of nitrogens with zero attached hydrogens (tertiary/aromatic N) is 1. The maximum atomic E-state index is 4.19. The summed E-state index contributed by atoms with van der Waals surface area (Å²) in [7, 11) is 1.92.